The molecule has 0 amide bonds. The number of hydrogen-bond acceptors (Lipinski definition) is 3. The van der Waals surface area contributed by atoms with Crippen molar-refractivity contribution in [2.45, 2.75) is 64.3 Å². The summed E-state index contributed by atoms with van der Waals surface area (Å²) in [6.07, 6.45) is 11.0. The van der Waals surface area contributed by atoms with E-state index in [0.29, 0.717) is 0 Å². The van der Waals surface area contributed by atoms with Gasteiger partial charge in [0.1, 0.15) is 0 Å². The summed E-state index contributed by atoms with van der Waals surface area (Å²) in [6.45, 7) is 9.96. The van der Waals surface area contributed by atoms with Crippen LogP contribution in [0.3, 0.4) is 0 Å². The van der Waals surface area contributed by atoms with Gasteiger partial charge in [0.15, 0.2) is 12.8 Å². The van der Waals surface area contributed by atoms with E-state index in [1.807, 2.05) is 0 Å². The van der Waals surface area contributed by atoms with Gasteiger partial charge in [-0.15, -0.1) is 4.68 Å². The average Bonchev–Trinajstić information content (AvgIpc) is 2.86. The van der Waals surface area contributed by atoms with Gasteiger partial charge in [0.25, 0.3) is 0 Å². The van der Waals surface area contributed by atoms with E-state index in [1.165, 1.54) is 90.6 Å². The van der Waals surface area contributed by atoms with Crippen molar-refractivity contribution in [2.24, 2.45) is 5.92 Å². The molecule has 0 N–H and O–H groups in total. The number of hydrazone groups is 1. The smallest absolute Gasteiger partial charge is 0.187 e. The van der Waals surface area contributed by atoms with Crippen LogP contribution in [0.2, 0.25) is 0 Å². The van der Waals surface area contributed by atoms with Crippen molar-refractivity contribution in [1.29, 1.82) is 0 Å². The van der Waals surface area contributed by atoms with Gasteiger partial charge < -0.3 is 9.80 Å². The van der Waals surface area contributed by atoms with Crippen molar-refractivity contribution in [3.05, 3.63) is 0 Å². The first-order valence-electron chi connectivity index (χ1n) is 10.5. The molecule has 0 aromatic carbocycles. The van der Waals surface area contributed by atoms with E-state index < -0.39 is 0 Å². The topological polar surface area (TPSA) is 12.7 Å². The lowest BCUT2D eigenvalue weighted by Crippen LogP contribution is -2.44. The molecule has 0 spiro atoms. The zero-order valence-electron chi connectivity index (χ0n) is 16.3. The van der Waals surface area contributed by atoms with Crippen LogP contribution in [-0.4, -0.2) is 84.6 Å². The fourth-order valence-corrected chi connectivity index (χ4v) is 5.08. The predicted molar refractivity (Wildman–Crippen MR) is 102 cm³/mol. The number of hydrazine groups is 1. The van der Waals surface area contributed by atoms with E-state index >= 15 is 0 Å². The fourth-order valence-electron chi connectivity index (χ4n) is 5.08. The number of likely N-dealkylation sites (N-methyl/N-ethyl adjacent to an activating group) is 1. The third-order valence-electron chi connectivity index (χ3n) is 6.57. The van der Waals surface area contributed by atoms with Gasteiger partial charge in [-0.1, -0.05) is 13.3 Å². The number of piperidine rings is 1. The Labute approximate surface area is 149 Å². The molecule has 3 heterocycles. The summed E-state index contributed by atoms with van der Waals surface area (Å²) in [5, 5.41) is 2.69. The maximum Gasteiger partial charge on any atom is 0.187 e. The standard InChI is InChI=1S/C20H39N4/c1-4-9-18-19(22(3)24-13-8-6-11-20(18)24)10-5-7-12-23-16-14-21(2)15-17-23/h18,20H,4-17H2,1-3H3/q+1. The predicted octanol–water partition coefficient (Wildman–Crippen LogP) is 2.69. The lowest BCUT2D eigenvalue weighted by molar-refractivity contribution is -0.668. The van der Waals surface area contributed by atoms with E-state index in [4.69, 9.17) is 0 Å². The van der Waals surface area contributed by atoms with Gasteiger partial charge in [-0.2, -0.15) is 5.01 Å². The molecule has 2 atom stereocenters. The van der Waals surface area contributed by atoms with Gasteiger partial charge >= 0.3 is 0 Å². The summed E-state index contributed by atoms with van der Waals surface area (Å²) >= 11 is 0. The Morgan fingerprint density at radius 3 is 2.58 bits per heavy atom. The molecule has 3 aliphatic heterocycles. The van der Waals surface area contributed by atoms with Crippen molar-refractivity contribution in [3.63, 3.8) is 0 Å². The Hall–Kier alpha value is -0.610. The molecule has 4 heteroatoms. The van der Waals surface area contributed by atoms with Crippen molar-refractivity contribution in [3.8, 4) is 0 Å². The largest absolute Gasteiger partial charge is 0.304 e. The summed E-state index contributed by atoms with van der Waals surface area (Å²) in [4.78, 5) is 5.11. The zero-order valence-corrected chi connectivity index (χ0v) is 16.3. The first kappa shape index (κ1) is 18.2. The molecule has 0 bridgehead atoms. The van der Waals surface area contributed by atoms with Gasteiger partial charge in [-0.25, -0.2) is 0 Å². The third-order valence-corrected chi connectivity index (χ3v) is 6.57. The van der Waals surface area contributed by atoms with Crippen molar-refractivity contribution < 1.29 is 4.68 Å². The summed E-state index contributed by atoms with van der Waals surface area (Å²) in [5.74, 6) is 0.837. The average molecular weight is 336 g/mol. The van der Waals surface area contributed by atoms with Crippen LogP contribution in [0.15, 0.2) is 0 Å². The summed E-state index contributed by atoms with van der Waals surface area (Å²) in [5.41, 5.74) is 1.75. The number of hydrogen-bond donors (Lipinski definition) is 0. The summed E-state index contributed by atoms with van der Waals surface area (Å²) < 4.78 is 2.57. The van der Waals surface area contributed by atoms with Gasteiger partial charge in [0.05, 0.1) is 18.5 Å². The number of fused-ring (bicyclic) bond motifs is 1. The normalized spacial score (nSPS) is 29.4. The quantitative estimate of drug-likeness (QED) is 0.524. The SMILES string of the molecule is CCCC1C(CCCCN2CCN(C)CC2)=[N+](C)N2CCCCC12. The minimum atomic E-state index is 0.816. The van der Waals surface area contributed by atoms with E-state index in [2.05, 4.69) is 40.5 Å². The number of rotatable bonds is 7. The molecule has 2 unspecified atom stereocenters. The lowest BCUT2D eigenvalue weighted by atomic mass is 9.85. The second kappa shape index (κ2) is 8.66. The minimum absolute atomic E-state index is 0.816. The monoisotopic (exact) mass is 335 g/mol. The van der Waals surface area contributed by atoms with Crippen molar-refractivity contribution >= 4 is 5.71 Å². The molecule has 3 aliphatic rings. The second-order valence-electron chi connectivity index (χ2n) is 8.24. The van der Waals surface area contributed by atoms with Crippen LogP contribution in [0.5, 0.6) is 0 Å². The fraction of sp³-hybridized carbons (Fsp3) is 0.950. The van der Waals surface area contributed by atoms with Gasteiger partial charge in [0.2, 0.25) is 0 Å². The molecule has 2 saturated heterocycles. The Kier molecular flexibility index (Phi) is 6.56. The van der Waals surface area contributed by atoms with E-state index in [-0.39, 0.29) is 0 Å². The highest BCUT2D eigenvalue weighted by molar-refractivity contribution is 5.83. The first-order valence-corrected chi connectivity index (χ1v) is 10.5. The van der Waals surface area contributed by atoms with Crippen LogP contribution >= 0.6 is 0 Å². The Bertz CT molecular complexity index is 425. The van der Waals surface area contributed by atoms with Crippen molar-refractivity contribution in [2.75, 3.05) is 53.4 Å². The molecule has 24 heavy (non-hydrogen) atoms. The molecule has 0 saturated carbocycles. The van der Waals surface area contributed by atoms with Gasteiger partial charge in [-0.05, 0) is 52.1 Å². The molecular formula is C20H39N4+. The summed E-state index contributed by atoms with van der Waals surface area (Å²) in [7, 11) is 4.58. The molecule has 138 valence electrons. The first-order chi connectivity index (χ1) is 11.7. The van der Waals surface area contributed by atoms with E-state index in [1.54, 1.807) is 5.71 Å². The number of nitrogens with zero attached hydrogens (tertiary/aromatic N) is 4. The molecule has 4 nitrogen and oxygen atoms in total. The second-order valence-corrected chi connectivity index (χ2v) is 8.24. The molecular weight excluding hydrogens is 296 g/mol. The number of piperazine rings is 1. The zero-order chi connectivity index (χ0) is 16.9. The molecule has 0 aliphatic carbocycles. The lowest BCUT2D eigenvalue weighted by Gasteiger charge is -2.32. The maximum absolute atomic E-state index is 2.69. The molecule has 2 fully saturated rings. The van der Waals surface area contributed by atoms with Gasteiger partial charge in [0, 0.05) is 32.6 Å². The molecule has 0 radical (unpaired) electrons. The third kappa shape index (κ3) is 4.13. The van der Waals surface area contributed by atoms with Crippen molar-refractivity contribution in [1.82, 2.24) is 14.8 Å². The highest BCUT2D eigenvalue weighted by Gasteiger charge is 2.45. The molecule has 0 aromatic heterocycles. The van der Waals surface area contributed by atoms with Crippen LogP contribution in [0.4, 0.5) is 0 Å². The highest BCUT2D eigenvalue weighted by Crippen LogP contribution is 2.33. The molecule has 0 aromatic rings. The number of unbranched alkanes of at least 4 members (excludes halogenated alkanes) is 1. The minimum Gasteiger partial charge on any atom is -0.304 e. The van der Waals surface area contributed by atoms with Crippen LogP contribution < -0.4 is 0 Å². The Morgan fingerprint density at radius 2 is 1.83 bits per heavy atom. The summed E-state index contributed by atoms with van der Waals surface area (Å²) in [6, 6.07) is 0.816. The van der Waals surface area contributed by atoms with Gasteiger partial charge in [-0.3, -0.25) is 0 Å². The maximum atomic E-state index is 2.69. The highest BCUT2D eigenvalue weighted by atomic mass is 15.6. The Balaban J connectivity index is 1.48. The van der Waals surface area contributed by atoms with Crippen LogP contribution in [-0.2, 0) is 0 Å². The Morgan fingerprint density at radius 1 is 1.04 bits per heavy atom. The van der Waals surface area contributed by atoms with E-state index in [0.717, 1.165) is 12.0 Å². The van der Waals surface area contributed by atoms with Crippen LogP contribution in [0.25, 0.3) is 0 Å². The molecule has 3 rings (SSSR count). The van der Waals surface area contributed by atoms with E-state index in [9.17, 15) is 0 Å². The van der Waals surface area contributed by atoms with Crippen LogP contribution in [0.1, 0.15) is 58.3 Å². The van der Waals surface area contributed by atoms with Crippen LogP contribution in [0, 0.1) is 5.92 Å².